The Hall–Kier alpha value is -2.12. The Bertz CT molecular complexity index is 888. The van der Waals surface area contributed by atoms with Crippen molar-refractivity contribution in [3.63, 3.8) is 0 Å². The molecular formula is C23H30N3O3S+. The lowest BCUT2D eigenvalue weighted by molar-refractivity contribution is -0.733. The SMILES string of the molecule is C=CCN1C(=O)[C@@]2([NH2+][C@H](CCSC)[C@@H]3C(=O)N(CCCC)C(=O)[C@H]32)c2ccccc21. The molecule has 0 radical (unpaired) electrons. The van der Waals surface area contributed by atoms with E-state index in [1.807, 2.05) is 37.4 Å². The smallest absolute Gasteiger partial charge is 0.294 e. The molecule has 2 fully saturated rings. The molecular weight excluding hydrogens is 398 g/mol. The minimum Gasteiger partial charge on any atom is -0.326 e. The largest absolute Gasteiger partial charge is 0.326 e. The number of imide groups is 1. The number of hydrogen-bond acceptors (Lipinski definition) is 4. The van der Waals surface area contributed by atoms with E-state index in [0.29, 0.717) is 13.1 Å². The monoisotopic (exact) mass is 428 g/mol. The number of benzene rings is 1. The molecule has 2 saturated heterocycles. The van der Waals surface area contributed by atoms with E-state index in [2.05, 4.69) is 11.9 Å². The van der Waals surface area contributed by atoms with Crippen molar-refractivity contribution in [3.05, 3.63) is 42.5 Å². The molecule has 4 rings (SSSR count). The Labute approximate surface area is 182 Å². The summed E-state index contributed by atoms with van der Waals surface area (Å²) in [4.78, 5) is 44.0. The first kappa shape index (κ1) is 21.1. The summed E-state index contributed by atoms with van der Waals surface area (Å²) in [6.45, 7) is 6.69. The number of unbranched alkanes of at least 4 members (excludes halogenated alkanes) is 1. The second-order valence-electron chi connectivity index (χ2n) is 8.39. The van der Waals surface area contributed by atoms with E-state index in [-0.39, 0.29) is 23.8 Å². The first-order valence-electron chi connectivity index (χ1n) is 10.8. The quantitative estimate of drug-likeness (QED) is 0.503. The number of rotatable bonds is 8. The molecule has 3 aliphatic heterocycles. The zero-order valence-corrected chi connectivity index (χ0v) is 18.5. The van der Waals surface area contributed by atoms with Gasteiger partial charge in [-0.1, -0.05) is 37.6 Å². The van der Waals surface area contributed by atoms with Gasteiger partial charge in [-0.15, -0.1) is 6.58 Å². The van der Waals surface area contributed by atoms with Gasteiger partial charge in [0.05, 0.1) is 5.69 Å². The highest BCUT2D eigenvalue weighted by molar-refractivity contribution is 7.98. The molecule has 6 nitrogen and oxygen atoms in total. The molecule has 1 aromatic rings. The standard InChI is InChI=1S/C23H29N3O3S/c1-4-6-13-26-20(27)18-16(11-14-30-3)24-23(19(18)21(26)28)15-9-7-8-10-17(15)25(12-5-2)22(23)29/h5,7-10,16,18-19,24H,2,4,6,11-14H2,1,3H3/p+1/t16-,18+,19+,23-/m1/s1. The molecule has 2 N–H and O–H groups in total. The number of fused-ring (bicyclic) bond motifs is 4. The molecule has 0 saturated carbocycles. The van der Waals surface area contributed by atoms with Gasteiger partial charge in [-0.25, -0.2) is 0 Å². The Balaban J connectivity index is 1.83. The summed E-state index contributed by atoms with van der Waals surface area (Å²) in [5.74, 6) is -0.554. The van der Waals surface area contributed by atoms with Gasteiger partial charge >= 0.3 is 0 Å². The second kappa shape index (κ2) is 8.19. The van der Waals surface area contributed by atoms with Crippen LogP contribution in [0.4, 0.5) is 5.69 Å². The van der Waals surface area contributed by atoms with Crippen LogP contribution in [-0.4, -0.2) is 53.8 Å². The predicted molar refractivity (Wildman–Crippen MR) is 118 cm³/mol. The average Bonchev–Trinajstić information content (AvgIpc) is 3.31. The number of hydrogen-bond donors (Lipinski definition) is 1. The van der Waals surface area contributed by atoms with Gasteiger partial charge in [0.2, 0.25) is 17.4 Å². The van der Waals surface area contributed by atoms with Crippen molar-refractivity contribution < 1.29 is 19.7 Å². The number of carbonyl (C=O) groups is 3. The maximum atomic E-state index is 13.9. The van der Waals surface area contributed by atoms with Crippen LogP contribution in [0.5, 0.6) is 0 Å². The van der Waals surface area contributed by atoms with E-state index in [9.17, 15) is 14.4 Å². The zero-order valence-electron chi connectivity index (χ0n) is 17.7. The number of anilines is 1. The third kappa shape index (κ3) is 2.86. The van der Waals surface area contributed by atoms with E-state index < -0.39 is 17.4 Å². The molecule has 0 aromatic heterocycles. The molecule has 0 bridgehead atoms. The molecule has 160 valence electrons. The lowest BCUT2D eigenvalue weighted by Crippen LogP contribution is -2.99. The molecule has 0 unspecified atom stereocenters. The van der Waals surface area contributed by atoms with Crippen molar-refractivity contribution in [1.29, 1.82) is 0 Å². The lowest BCUT2D eigenvalue weighted by Gasteiger charge is -2.27. The van der Waals surface area contributed by atoms with Gasteiger partial charge in [0.15, 0.2) is 0 Å². The molecule has 3 heterocycles. The number of likely N-dealkylation sites (tertiary alicyclic amines) is 1. The Morgan fingerprint density at radius 3 is 2.67 bits per heavy atom. The molecule has 3 amide bonds. The molecule has 7 heteroatoms. The Morgan fingerprint density at radius 2 is 1.97 bits per heavy atom. The second-order valence-corrected chi connectivity index (χ2v) is 9.37. The number of carbonyl (C=O) groups excluding carboxylic acids is 3. The van der Waals surface area contributed by atoms with Gasteiger partial charge in [0, 0.05) is 25.1 Å². The third-order valence-electron chi connectivity index (χ3n) is 6.81. The molecule has 3 aliphatic rings. The summed E-state index contributed by atoms with van der Waals surface area (Å²) in [7, 11) is 0. The van der Waals surface area contributed by atoms with E-state index in [0.717, 1.165) is 36.3 Å². The van der Waals surface area contributed by atoms with E-state index in [1.54, 1.807) is 22.7 Å². The van der Waals surface area contributed by atoms with Crippen molar-refractivity contribution in [2.75, 3.05) is 30.0 Å². The summed E-state index contributed by atoms with van der Waals surface area (Å²) in [5, 5.41) is 2.05. The lowest BCUT2D eigenvalue weighted by atomic mass is 9.76. The van der Waals surface area contributed by atoms with Gasteiger partial charge in [0.1, 0.15) is 17.9 Å². The summed E-state index contributed by atoms with van der Waals surface area (Å²) in [6, 6.07) is 7.63. The Kier molecular flexibility index (Phi) is 5.77. The summed E-state index contributed by atoms with van der Waals surface area (Å²) in [5.41, 5.74) is 0.633. The summed E-state index contributed by atoms with van der Waals surface area (Å²) in [6.07, 6.45) is 6.24. The number of quaternary nitrogens is 1. The van der Waals surface area contributed by atoms with Crippen LogP contribution in [-0.2, 0) is 19.9 Å². The van der Waals surface area contributed by atoms with E-state index in [1.165, 1.54) is 4.90 Å². The number of thioether (sulfide) groups is 1. The minimum absolute atomic E-state index is 0.0776. The van der Waals surface area contributed by atoms with Crippen molar-refractivity contribution in [2.24, 2.45) is 11.8 Å². The highest BCUT2D eigenvalue weighted by atomic mass is 32.2. The van der Waals surface area contributed by atoms with Crippen molar-refractivity contribution >= 4 is 35.2 Å². The molecule has 0 aliphatic carbocycles. The number of amides is 3. The van der Waals surface area contributed by atoms with E-state index >= 15 is 0 Å². The number of nitrogens with two attached hydrogens (primary N) is 1. The fourth-order valence-corrected chi connectivity index (χ4v) is 6.05. The third-order valence-corrected chi connectivity index (χ3v) is 7.46. The van der Waals surface area contributed by atoms with Crippen molar-refractivity contribution in [3.8, 4) is 0 Å². The zero-order chi connectivity index (χ0) is 21.5. The fraction of sp³-hybridized carbons (Fsp3) is 0.522. The normalized spacial score (nSPS) is 29.8. The highest BCUT2D eigenvalue weighted by Crippen LogP contribution is 2.51. The Morgan fingerprint density at radius 1 is 1.20 bits per heavy atom. The van der Waals surface area contributed by atoms with E-state index in [4.69, 9.17) is 0 Å². The van der Waals surface area contributed by atoms with Gasteiger partial charge in [-0.2, -0.15) is 11.8 Å². The molecule has 1 aromatic carbocycles. The highest BCUT2D eigenvalue weighted by Gasteiger charge is 2.74. The number of para-hydroxylation sites is 1. The summed E-state index contributed by atoms with van der Waals surface area (Å²) < 4.78 is 0. The van der Waals surface area contributed by atoms with Crippen LogP contribution in [0, 0.1) is 11.8 Å². The van der Waals surface area contributed by atoms with Crippen LogP contribution >= 0.6 is 11.8 Å². The maximum Gasteiger partial charge on any atom is 0.294 e. The van der Waals surface area contributed by atoms with Crippen LogP contribution in [0.25, 0.3) is 0 Å². The molecule has 30 heavy (non-hydrogen) atoms. The molecule has 4 atom stereocenters. The van der Waals surface area contributed by atoms with Crippen LogP contribution < -0.4 is 10.2 Å². The topological polar surface area (TPSA) is 74.3 Å². The predicted octanol–water partition coefficient (Wildman–Crippen LogP) is 1.51. The van der Waals surface area contributed by atoms with Crippen molar-refractivity contribution in [1.82, 2.24) is 4.90 Å². The van der Waals surface area contributed by atoms with Gasteiger partial charge in [-0.3, -0.25) is 19.3 Å². The van der Waals surface area contributed by atoms with Gasteiger partial charge < -0.3 is 10.2 Å². The maximum absolute atomic E-state index is 13.9. The summed E-state index contributed by atoms with van der Waals surface area (Å²) >= 11 is 1.73. The van der Waals surface area contributed by atoms with Crippen LogP contribution in [0.2, 0.25) is 0 Å². The molecule has 1 spiro atoms. The van der Waals surface area contributed by atoms with Crippen LogP contribution in [0.1, 0.15) is 31.7 Å². The van der Waals surface area contributed by atoms with Crippen LogP contribution in [0.15, 0.2) is 36.9 Å². The van der Waals surface area contributed by atoms with Gasteiger partial charge in [0.25, 0.3) is 5.91 Å². The first-order valence-corrected chi connectivity index (χ1v) is 12.1. The average molecular weight is 429 g/mol. The van der Waals surface area contributed by atoms with Crippen molar-refractivity contribution in [2.45, 2.75) is 37.8 Å². The van der Waals surface area contributed by atoms with Crippen LogP contribution in [0.3, 0.4) is 0 Å². The fourth-order valence-electron chi connectivity index (χ4n) is 5.54. The number of nitrogens with zero attached hydrogens (tertiary/aromatic N) is 2. The van der Waals surface area contributed by atoms with Gasteiger partial charge in [-0.05, 0) is 24.5 Å². The first-order chi connectivity index (χ1) is 14.5. The minimum atomic E-state index is -1.05.